The van der Waals surface area contributed by atoms with Gasteiger partial charge in [-0.05, 0) is 18.4 Å². The molecule has 1 aromatic heterocycles. The second-order valence-corrected chi connectivity index (χ2v) is 2.09. The van der Waals surface area contributed by atoms with Crippen molar-refractivity contribution < 1.29 is 0 Å². The van der Waals surface area contributed by atoms with Crippen LogP contribution in [0.2, 0.25) is 0 Å². The smallest absolute Gasteiger partial charge is 0.118 e. The lowest BCUT2D eigenvalue weighted by Crippen LogP contribution is -1.79. The van der Waals surface area contributed by atoms with Crippen molar-refractivity contribution in [2.45, 2.75) is 5.03 Å². The molecule has 0 saturated heterocycles. The third-order valence-electron chi connectivity index (χ3n) is 0.757. The van der Waals surface area contributed by atoms with Crippen molar-refractivity contribution in [3.05, 3.63) is 18.3 Å². The van der Waals surface area contributed by atoms with Crippen LogP contribution in [0.4, 0.5) is 0 Å². The van der Waals surface area contributed by atoms with E-state index >= 15 is 0 Å². The predicted molar refractivity (Wildman–Crippen MR) is 33.8 cm³/mol. The van der Waals surface area contributed by atoms with Crippen LogP contribution in [0.3, 0.4) is 0 Å². The molecule has 0 saturated carbocycles. The van der Waals surface area contributed by atoms with E-state index in [1.165, 1.54) is 0 Å². The highest BCUT2D eigenvalue weighted by Crippen LogP contribution is 2.06. The molecule has 0 aliphatic heterocycles. The van der Waals surface area contributed by atoms with Gasteiger partial charge in [0, 0.05) is 6.20 Å². The monoisotopic (exact) mass is 126 g/mol. The molecule has 0 aromatic carbocycles. The predicted octanol–water partition coefficient (Wildman–Crippen LogP) is 1.20. The van der Waals surface area contributed by atoms with Crippen molar-refractivity contribution in [3.63, 3.8) is 0 Å². The SMILES string of the molecule is CSc1cccnn1. The average molecular weight is 126 g/mol. The van der Waals surface area contributed by atoms with Crippen molar-refractivity contribution in [3.8, 4) is 0 Å². The molecule has 0 aliphatic carbocycles. The molecule has 3 heteroatoms. The molecule has 42 valence electrons. The van der Waals surface area contributed by atoms with Crippen LogP contribution < -0.4 is 0 Å². The van der Waals surface area contributed by atoms with Crippen molar-refractivity contribution in [2.75, 3.05) is 6.26 Å². The summed E-state index contributed by atoms with van der Waals surface area (Å²) in [4.78, 5) is 0. The fourth-order valence-electron chi connectivity index (χ4n) is 0.396. The van der Waals surface area contributed by atoms with Gasteiger partial charge in [0.25, 0.3) is 0 Å². The van der Waals surface area contributed by atoms with Crippen molar-refractivity contribution >= 4 is 11.8 Å². The minimum Gasteiger partial charge on any atom is -0.158 e. The summed E-state index contributed by atoms with van der Waals surface area (Å²) in [5.74, 6) is 0. The zero-order chi connectivity index (χ0) is 5.82. The van der Waals surface area contributed by atoms with Crippen LogP contribution in [-0.2, 0) is 0 Å². The first-order chi connectivity index (χ1) is 3.93. The van der Waals surface area contributed by atoms with E-state index < -0.39 is 0 Å². The zero-order valence-electron chi connectivity index (χ0n) is 4.53. The van der Waals surface area contributed by atoms with Gasteiger partial charge in [-0.1, -0.05) is 0 Å². The zero-order valence-corrected chi connectivity index (χ0v) is 5.35. The van der Waals surface area contributed by atoms with E-state index in [4.69, 9.17) is 0 Å². The summed E-state index contributed by atoms with van der Waals surface area (Å²) in [6.45, 7) is 0. The van der Waals surface area contributed by atoms with Gasteiger partial charge in [0.15, 0.2) is 0 Å². The maximum Gasteiger partial charge on any atom is 0.118 e. The fraction of sp³-hybridized carbons (Fsp3) is 0.200. The van der Waals surface area contributed by atoms with Gasteiger partial charge in [-0.2, -0.15) is 5.10 Å². The number of nitrogens with zero attached hydrogens (tertiary/aromatic N) is 2. The first-order valence-corrected chi connectivity index (χ1v) is 3.47. The fourth-order valence-corrected chi connectivity index (χ4v) is 0.740. The first kappa shape index (κ1) is 5.56. The number of aromatic nitrogens is 2. The minimum atomic E-state index is 0.965. The summed E-state index contributed by atoms with van der Waals surface area (Å²) in [5, 5.41) is 8.46. The van der Waals surface area contributed by atoms with Gasteiger partial charge < -0.3 is 0 Å². The lowest BCUT2D eigenvalue weighted by molar-refractivity contribution is 0.931. The maximum atomic E-state index is 3.81. The largest absolute Gasteiger partial charge is 0.158 e. The molecule has 0 bridgehead atoms. The Morgan fingerprint density at radius 1 is 1.62 bits per heavy atom. The normalized spacial score (nSPS) is 9.12. The van der Waals surface area contributed by atoms with Crippen LogP contribution in [0.15, 0.2) is 23.4 Å². The number of thioether (sulfide) groups is 1. The van der Waals surface area contributed by atoms with E-state index in [0.717, 1.165) is 5.03 Å². The van der Waals surface area contributed by atoms with Crippen LogP contribution in [-0.4, -0.2) is 16.5 Å². The number of hydrogen-bond acceptors (Lipinski definition) is 3. The van der Waals surface area contributed by atoms with E-state index in [9.17, 15) is 0 Å². The van der Waals surface area contributed by atoms with E-state index in [2.05, 4.69) is 10.2 Å². The molecule has 0 atom stereocenters. The Hall–Kier alpha value is -0.570. The Labute approximate surface area is 52.3 Å². The molecule has 8 heavy (non-hydrogen) atoms. The minimum absolute atomic E-state index is 0.965. The second-order valence-electron chi connectivity index (χ2n) is 1.27. The van der Waals surface area contributed by atoms with Crippen molar-refractivity contribution in [1.29, 1.82) is 0 Å². The molecule has 0 spiro atoms. The third-order valence-corrected chi connectivity index (χ3v) is 1.39. The van der Waals surface area contributed by atoms with Gasteiger partial charge in [-0.25, -0.2) is 0 Å². The average Bonchev–Trinajstić information content (AvgIpc) is 1.90. The van der Waals surface area contributed by atoms with Crippen molar-refractivity contribution in [2.24, 2.45) is 0 Å². The Bertz CT molecular complexity index is 152. The molecule has 0 N–H and O–H groups in total. The van der Waals surface area contributed by atoms with Gasteiger partial charge in [0.1, 0.15) is 5.03 Å². The molecular weight excluding hydrogens is 120 g/mol. The van der Waals surface area contributed by atoms with Crippen LogP contribution in [0.1, 0.15) is 0 Å². The molecule has 0 amide bonds. The summed E-state index contributed by atoms with van der Waals surface area (Å²) in [7, 11) is 0. The Kier molecular flexibility index (Phi) is 1.86. The summed E-state index contributed by atoms with van der Waals surface area (Å²) in [6.07, 6.45) is 3.64. The second kappa shape index (κ2) is 2.67. The van der Waals surface area contributed by atoms with Gasteiger partial charge in [-0.3, -0.25) is 0 Å². The third kappa shape index (κ3) is 1.20. The quantitative estimate of drug-likeness (QED) is 0.529. The molecule has 2 nitrogen and oxygen atoms in total. The highest BCUT2D eigenvalue weighted by Gasteiger charge is 1.83. The number of hydrogen-bond donors (Lipinski definition) is 0. The van der Waals surface area contributed by atoms with Crippen LogP contribution in [0, 0.1) is 0 Å². The lowest BCUT2D eigenvalue weighted by atomic mass is 10.6. The van der Waals surface area contributed by atoms with Gasteiger partial charge in [0.05, 0.1) is 0 Å². The van der Waals surface area contributed by atoms with E-state index in [0.29, 0.717) is 0 Å². The molecule has 1 rings (SSSR count). The highest BCUT2D eigenvalue weighted by molar-refractivity contribution is 7.98. The molecule has 0 radical (unpaired) electrons. The molecular formula is C5H6N2S. The lowest BCUT2D eigenvalue weighted by Gasteiger charge is -1.86. The maximum absolute atomic E-state index is 3.81. The summed E-state index contributed by atoms with van der Waals surface area (Å²) in [6, 6.07) is 3.80. The standard InChI is InChI=1S/C5H6N2S/c1-8-5-3-2-4-6-7-5/h2-4H,1H3. The van der Waals surface area contributed by atoms with Gasteiger partial charge in [0.2, 0.25) is 0 Å². The summed E-state index contributed by atoms with van der Waals surface area (Å²) < 4.78 is 0. The Morgan fingerprint density at radius 3 is 2.88 bits per heavy atom. The molecule has 0 fully saturated rings. The first-order valence-electron chi connectivity index (χ1n) is 2.25. The Balaban J connectivity index is 2.83. The molecule has 1 heterocycles. The topological polar surface area (TPSA) is 25.8 Å². The molecule has 0 unspecified atom stereocenters. The summed E-state index contributed by atoms with van der Waals surface area (Å²) >= 11 is 1.60. The van der Waals surface area contributed by atoms with Gasteiger partial charge in [-0.15, -0.1) is 16.9 Å². The number of rotatable bonds is 1. The summed E-state index contributed by atoms with van der Waals surface area (Å²) in [5.41, 5.74) is 0. The molecule has 1 aromatic rings. The van der Waals surface area contributed by atoms with E-state index in [-0.39, 0.29) is 0 Å². The van der Waals surface area contributed by atoms with E-state index in [1.54, 1.807) is 18.0 Å². The Morgan fingerprint density at radius 2 is 2.50 bits per heavy atom. The molecule has 0 aliphatic rings. The van der Waals surface area contributed by atoms with Crippen LogP contribution in [0.25, 0.3) is 0 Å². The highest BCUT2D eigenvalue weighted by atomic mass is 32.2. The van der Waals surface area contributed by atoms with Crippen LogP contribution in [0.5, 0.6) is 0 Å². The van der Waals surface area contributed by atoms with Gasteiger partial charge >= 0.3 is 0 Å². The van der Waals surface area contributed by atoms with Crippen molar-refractivity contribution in [1.82, 2.24) is 10.2 Å². The van der Waals surface area contributed by atoms with E-state index in [1.807, 2.05) is 18.4 Å². The van der Waals surface area contributed by atoms with Crippen LogP contribution >= 0.6 is 11.8 Å².